The molecule has 18 heavy (non-hydrogen) atoms. The number of rotatable bonds is 6. The highest BCUT2D eigenvalue weighted by atomic mass is 35.5. The van der Waals surface area contributed by atoms with Crippen LogP contribution in [0.1, 0.15) is 19.3 Å². The van der Waals surface area contributed by atoms with E-state index in [0.717, 1.165) is 35.9 Å². The van der Waals surface area contributed by atoms with Crippen LogP contribution < -0.4 is 4.74 Å². The third kappa shape index (κ3) is 3.34. The van der Waals surface area contributed by atoms with Gasteiger partial charge in [0.2, 0.25) is 0 Å². The molecule has 0 aliphatic carbocycles. The highest BCUT2D eigenvalue weighted by Gasteiger charge is 2.03. The van der Waals surface area contributed by atoms with Crippen LogP contribution in [0, 0.1) is 0 Å². The number of fused-ring (bicyclic) bond motifs is 1. The van der Waals surface area contributed by atoms with E-state index >= 15 is 0 Å². The normalized spacial score (nSPS) is 10.8. The SMILES string of the molecule is OCCCCCOc1ccnc2cc(Cl)ccc12. The third-order valence-corrected chi connectivity index (χ3v) is 2.96. The first-order chi connectivity index (χ1) is 8.81. The second-order valence-corrected chi connectivity index (χ2v) is 4.54. The van der Waals surface area contributed by atoms with Crippen LogP contribution in [0.25, 0.3) is 10.9 Å². The van der Waals surface area contributed by atoms with Crippen LogP contribution in [-0.2, 0) is 0 Å². The number of benzene rings is 1. The number of nitrogens with zero attached hydrogens (tertiary/aromatic N) is 1. The zero-order chi connectivity index (χ0) is 12.8. The number of halogens is 1. The van der Waals surface area contributed by atoms with Crippen molar-refractivity contribution < 1.29 is 9.84 Å². The molecule has 1 aromatic heterocycles. The first-order valence-electron chi connectivity index (χ1n) is 6.09. The maximum atomic E-state index is 8.69. The van der Waals surface area contributed by atoms with Crippen molar-refractivity contribution in [2.45, 2.75) is 19.3 Å². The fourth-order valence-corrected chi connectivity index (χ4v) is 1.96. The van der Waals surface area contributed by atoms with Crippen LogP contribution in [0.3, 0.4) is 0 Å². The van der Waals surface area contributed by atoms with Gasteiger partial charge in [0, 0.05) is 23.2 Å². The molecule has 4 heteroatoms. The molecular weight excluding hydrogens is 250 g/mol. The van der Waals surface area contributed by atoms with E-state index in [0.29, 0.717) is 11.6 Å². The van der Waals surface area contributed by atoms with Gasteiger partial charge in [0.05, 0.1) is 12.1 Å². The molecule has 0 bridgehead atoms. The van der Waals surface area contributed by atoms with Crippen molar-refractivity contribution in [3.05, 3.63) is 35.5 Å². The Morgan fingerprint density at radius 1 is 1.17 bits per heavy atom. The Labute approximate surface area is 111 Å². The Balaban J connectivity index is 2.04. The number of hydrogen-bond donors (Lipinski definition) is 1. The molecule has 1 N–H and O–H groups in total. The topological polar surface area (TPSA) is 42.4 Å². The number of ether oxygens (including phenoxy) is 1. The lowest BCUT2D eigenvalue weighted by molar-refractivity contribution is 0.267. The smallest absolute Gasteiger partial charge is 0.130 e. The molecule has 3 nitrogen and oxygen atoms in total. The lowest BCUT2D eigenvalue weighted by Crippen LogP contribution is -1.99. The monoisotopic (exact) mass is 265 g/mol. The first-order valence-corrected chi connectivity index (χ1v) is 6.47. The van der Waals surface area contributed by atoms with E-state index < -0.39 is 0 Å². The van der Waals surface area contributed by atoms with Crippen molar-refractivity contribution in [3.8, 4) is 5.75 Å². The summed E-state index contributed by atoms with van der Waals surface area (Å²) in [4.78, 5) is 4.26. The minimum Gasteiger partial charge on any atom is -0.493 e. The number of aliphatic hydroxyl groups is 1. The van der Waals surface area contributed by atoms with Crippen molar-refractivity contribution in [1.82, 2.24) is 4.98 Å². The van der Waals surface area contributed by atoms with Gasteiger partial charge in [-0.2, -0.15) is 0 Å². The van der Waals surface area contributed by atoms with Gasteiger partial charge in [-0.25, -0.2) is 0 Å². The molecule has 0 saturated carbocycles. The summed E-state index contributed by atoms with van der Waals surface area (Å²) in [5, 5.41) is 10.3. The number of unbranched alkanes of at least 4 members (excludes halogenated alkanes) is 2. The molecule has 1 heterocycles. The second-order valence-electron chi connectivity index (χ2n) is 4.10. The van der Waals surface area contributed by atoms with Crippen molar-refractivity contribution in [2.24, 2.45) is 0 Å². The highest BCUT2D eigenvalue weighted by Crippen LogP contribution is 2.26. The van der Waals surface area contributed by atoms with Gasteiger partial charge in [-0.05, 0) is 43.5 Å². The molecule has 0 saturated heterocycles. The molecular formula is C14H16ClNO2. The average Bonchev–Trinajstić information content (AvgIpc) is 2.38. The van der Waals surface area contributed by atoms with Gasteiger partial charge in [0.15, 0.2) is 0 Å². The minimum atomic E-state index is 0.247. The zero-order valence-corrected chi connectivity index (χ0v) is 10.9. The maximum absolute atomic E-state index is 8.69. The molecule has 1 aromatic carbocycles. The Morgan fingerprint density at radius 3 is 2.89 bits per heavy atom. The van der Waals surface area contributed by atoms with Crippen LogP contribution in [0.4, 0.5) is 0 Å². The molecule has 0 fully saturated rings. The standard InChI is InChI=1S/C14H16ClNO2/c15-11-4-5-12-13(10-11)16-7-6-14(12)18-9-3-1-2-8-17/h4-7,10,17H,1-3,8-9H2. The largest absolute Gasteiger partial charge is 0.493 e. The van der Waals surface area contributed by atoms with Crippen LogP contribution >= 0.6 is 11.6 Å². The van der Waals surface area contributed by atoms with Gasteiger partial charge in [0.1, 0.15) is 5.75 Å². The number of pyridine rings is 1. The number of hydrogen-bond acceptors (Lipinski definition) is 3. The van der Waals surface area contributed by atoms with Gasteiger partial charge in [0.25, 0.3) is 0 Å². The summed E-state index contributed by atoms with van der Waals surface area (Å²) in [5.74, 6) is 0.834. The van der Waals surface area contributed by atoms with E-state index in [4.69, 9.17) is 21.4 Å². The lowest BCUT2D eigenvalue weighted by Gasteiger charge is -2.08. The Morgan fingerprint density at radius 2 is 2.06 bits per heavy atom. The molecule has 0 amide bonds. The zero-order valence-electron chi connectivity index (χ0n) is 10.1. The quantitative estimate of drug-likeness (QED) is 0.814. The Bertz CT molecular complexity index is 516. The van der Waals surface area contributed by atoms with Gasteiger partial charge in [-0.3, -0.25) is 4.98 Å². The predicted molar refractivity (Wildman–Crippen MR) is 73.2 cm³/mol. The Hall–Kier alpha value is -1.32. The van der Waals surface area contributed by atoms with Gasteiger partial charge in [-0.1, -0.05) is 11.6 Å². The molecule has 0 radical (unpaired) electrons. The van der Waals surface area contributed by atoms with Crippen molar-refractivity contribution in [2.75, 3.05) is 13.2 Å². The van der Waals surface area contributed by atoms with Crippen LogP contribution in [-0.4, -0.2) is 23.3 Å². The average molecular weight is 266 g/mol. The van der Waals surface area contributed by atoms with E-state index in [9.17, 15) is 0 Å². The summed E-state index contributed by atoms with van der Waals surface area (Å²) < 4.78 is 5.74. The van der Waals surface area contributed by atoms with Gasteiger partial charge >= 0.3 is 0 Å². The molecule has 0 aliphatic heterocycles. The summed E-state index contributed by atoms with van der Waals surface area (Å²) in [6.45, 7) is 0.901. The Kier molecular flexibility index (Phi) is 4.79. The highest BCUT2D eigenvalue weighted by molar-refractivity contribution is 6.31. The van der Waals surface area contributed by atoms with Gasteiger partial charge < -0.3 is 9.84 Å². The van der Waals surface area contributed by atoms with Crippen LogP contribution in [0.5, 0.6) is 5.75 Å². The molecule has 96 valence electrons. The molecule has 2 aromatic rings. The summed E-state index contributed by atoms with van der Waals surface area (Å²) in [7, 11) is 0. The van der Waals surface area contributed by atoms with E-state index in [1.165, 1.54) is 0 Å². The third-order valence-electron chi connectivity index (χ3n) is 2.72. The molecule has 0 unspecified atom stereocenters. The summed E-state index contributed by atoms with van der Waals surface area (Å²) in [6.07, 6.45) is 4.47. The van der Waals surface area contributed by atoms with E-state index in [1.807, 2.05) is 24.3 Å². The second kappa shape index (κ2) is 6.57. The molecule has 0 spiro atoms. The van der Waals surface area contributed by atoms with E-state index in [1.54, 1.807) is 6.20 Å². The van der Waals surface area contributed by atoms with Crippen molar-refractivity contribution in [1.29, 1.82) is 0 Å². The first kappa shape index (κ1) is 13.1. The fourth-order valence-electron chi connectivity index (χ4n) is 1.79. The summed E-state index contributed by atoms with van der Waals surface area (Å²) in [6, 6.07) is 7.45. The fraction of sp³-hybridized carbons (Fsp3) is 0.357. The minimum absolute atomic E-state index is 0.247. The van der Waals surface area contributed by atoms with Crippen LogP contribution in [0.2, 0.25) is 5.02 Å². The predicted octanol–water partition coefficient (Wildman–Crippen LogP) is 3.43. The van der Waals surface area contributed by atoms with Crippen molar-refractivity contribution in [3.63, 3.8) is 0 Å². The molecule has 2 rings (SSSR count). The van der Waals surface area contributed by atoms with E-state index in [-0.39, 0.29) is 6.61 Å². The number of aromatic nitrogens is 1. The summed E-state index contributed by atoms with van der Waals surface area (Å²) in [5.41, 5.74) is 0.843. The van der Waals surface area contributed by atoms with Crippen molar-refractivity contribution >= 4 is 22.5 Å². The molecule has 0 aliphatic rings. The van der Waals surface area contributed by atoms with Gasteiger partial charge in [-0.15, -0.1) is 0 Å². The maximum Gasteiger partial charge on any atom is 0.130 e. The van der Waals surface area contributed by atoms with Crippen LogP contribution in [0.15, 0.2) is 30.5 Å². The lowest BCUT2D eigenvalue weighted by atomic mass is 10.2. The number of aliphatic hydroxyl groups excluding tert-OH is 1. The van der Waals surface area contributed by atoms with E-state index in [2.05, 4.69) is 4.98 Å². The summed E-state index contributed by atoms with van der Waals surface area (Å²) >= 11 is 5.93. The molecule has 0 atom stereocenters.